The van der Waals surface area contributed by atoms with Crippen molar-refractivity contribution in [2.45, 2.75) is 27.2 Å². The average Bonchev–Trinajstić information content (AvgIpc) is 2.90. The van der Waals surface area contributed by atoms with Crippen LogP contribution in [-0.4, -0.2) is 15.6 Å². The Morgan fingerprint density at radius 3 is 2.74 bits per heavy atom. The normalized spacial score (nSPS) is 11.1. The van der Waals surface area contributed by atoms with Crippen LogP contribution < -0.4 is 11.3 Å². The lowest BCUT2D eigenvalue weighted by Crippen LogP contribution is -2.25. The Kier molecular flexibility index (Phi) is 3.77. The van der Waals surface area contributed by atoms with Gasteiger partial charge in [-0.2, -0.15) is 9.78 Å². The highest BCUT2D eigenvalue weighted by Crippen LogP contribution is 2.28. The fourth-order valence-electron chi connectivity index (χ4n) is 2.65. The molecule has 0 aliphatic rings. The van der Waals surface area contributed by atoms with E-state index >= 15 is 0 Å². The molecule has 0 spiro atoms. The number of aryl methyl sites for hydroxylation is 2. The first kappa shape index (κ1) is 15.4. The van der Waals surface area contributed by atoms with Crippen LogP contribution >= 0.6 is 11.3 Å². The number of rotatable bonds is 3. The lowest BCUT2D eigenvalue weighted by atomic mass is 10.1. The molecule has 0 aliphatic carbocycles. The smallest absolute Gasteiger partial charge is 0.282 e. The van der Waals surface area contributed by atoms with Gasteiger partial charge >= 0.3 is 0 Å². The first-order valence-electron chi connectivity index (χ1n) is 7.34. The second kappa shape index (κ2) is 5.62. The number of nitrogens with zero attached hydrogens (tertiary/aromatic N) is 2. The van der Waals surface area contributed by atoms with Crippen molar-refractivity contribution in [1.82, 2.24) is 9.78 Å². The molecule has 0 bridgehead atoms. The Balaban J connectivity index is 2.41. The zero-order valence-corrected chi connectivity index (χ0v) is 14.0. The minimum atomic E-state index is -0.293. The van der Waals surface area contributed by atoms with Crippen LogP contribution in [0, 0.1) is 13.8 Å². The molecular weight excluding hydrogens is 310 g/mol. The van der Waals surface area contributed by atoms with Gasteiger partial charge < -0.3 is 5.73 Å². The molecule has 23 heavy (non-hydrogen) atoms. The molecule has 0 radical (unpaired) electrons. The number of benzene rings is 1. The molecule has 1 aromatic carbocycles. The maximum atomic E-state index is 12.8. The number of carbonyl (C=O) groups is 1. The molecule has 5 nitrogen and oxygen atoms in total. The number of thiophene rings is 1. The van der Waals surface area contributed by atoms with Crippen LogP contribution in [0.2, 0.25) is 0 Å². The van der Waals surface area contributed by atoms with Crippen LogP contribution in [0.4, 0.5) is 5.00 Å². The Labute approximate surface area is 137 Å². The van der Waals surface area contributed by atoms with E-state index in [4.69, 9.17) is 5.73 Å². The fraction of sp³-hybridized carbons (Fsp3) is 0.235. The van der Waals surface area contributed by atoms with Gasteiger partial charge in [0, 0.05) is 17.2 Å². The van der Waals surface area contributed by atoms with Gasteiger partial charge in [-0.15, -0.1) is 11.3 Å². The molecule has 3 rings (SSSR count). The highest BCUT2D eigenvalue weighted by atomic mass is 32.1. The number of hydrogen-bond acceptors (Lipinski definition) is 5. The van der Waals surface area contributed by atoms with Crippen LogP contribution in [0.1, 0.15) is 35.0 Å². The first-order chi connectivity index (χ1) is 10.9. The monoisotopic (exact) mass is 327 g/mol. The molecule has 0 saturated heterocycles. The second-order valence-electron chi connectivity index (χ2n) is 5.52. The lowest BCUT2D eigenvalue weighted by Gasteiger charge is -2.11. The second-order valence-corrected chi connectivity index (χ2v) is 6.43. The van der Waals surface area contributed by atoms with Gasteiger partial charge in [-0.05, 0) is 25.5 Å². The van der Waals surface area contributed by atoms with Gasteiger partial charge in [-0.3, -0.25) is 9.59 Å². The fourth-order valence-corrected chi connectivity index (χ4v) is 3.44. The van der Waals surface area contributed by atoms with E-state index in [1.54, 1.807) is 12.3 Å². The third-order valence-corrected chi connectivity index (χ3v) is 4.66. The number of anilines is 1. The first-order valence-corrected chi connectivity index (χ1v) is 8.22. The Hall–Kier alpha value is -2.47. The molecule has 2 heterocycles. The Bertz CT molecular complexity index is 985. The number of nitrogen functional groups attached to an aromatic ring is 1. The van der Waals surface area contributed by atoms with Crippen molar-refractivity contribution >= 4 is 32.9 Å². The van der Waals surface area contributed by atoms with Gasteiger partial charge in [-0.1, -0.05) is 24.6 Å². The molecule has 3 aromatic rings. The molecule has 0 fully saturated rings. The van der Waals surface area contributed by atoms with Gasteiger partial charge in [0.2, 0.25) is 0 Å². The summed E-state index contributed by atoms with van der Waals surface area (Å²) < 4.78 is 1.29. The number of nitrogens with two attached hydrogens (primary N) is 1. The van der Waals surface area contributed by atoms with Gasteiger partial charge in [0.1, 0.15) is 5.69 Å². The highest BCUT2D eigenvalue weighted by Gasteiger charge is 2.20. The van der Waals surface area contributed by atoms with Crippen molar-refractivity contribution in [2.75, 3.05) is 5.73 Å². The number of Topliss-reactive ketones (excluding diaryl/α,β-unsaturated/α-hetero) is 1. The SMILES string of the molecule is CCC(=O)c1nn(-c2ccc(C)cc2C)c(=O)c2c(N)scc12. The van der Waals surface area contributed by atoms with E-state index in [2.05, 4.69) is 5.10 Å². The van der Waals surface area contributed by atoms with Crippen molar-refractivity contribution in [2.24, 2.45) is 0 Å². The van der Waals surface area contributed by atoms with Crippen molar-refractivity contribution in [3.63, 3.8) is 0 Å². The van der Waals surface area contributed by atoms with Crippen LogP contribution in [0.3, 0.4) is 0 Å². The van der Waals surface area contributed by atoms with Crippen LogP contribution in [0.25, 0.3) is 16.5 Å². The van der Waals surface area contributed by atoms with E-state index in [0.29, 0.717) is 33.6 Å². The summed E-state index contributed by atoms with van der Waals surface area (Å²) in [7, 11) is 0. The molecule has 0 atom stereocenters. The van der Waals surface area contributed by atoms with Gasteiger partial charge in [0.05, 0.1) is 16.1 Å². The van der Waals surface area contributed by atoms with E-state index in [-0.39, 0.29) is 11.3 Å². The molecule has 2 N–H and O–H groups in total. The summed E-state index contributed by atoms with van der Waals surface area (Å²) in [4.78, 5) is 25.1. The third kappa shape index (κ3) is 2.45. The molecule has 0 unspecified atom stereocenters. The molecule has 2 aromatic heterocycles. The summed E-state index contributed by atoms with van der Waals surface area (Å²) in [6, 6.07) is 5.73. The van der Waals surface area contributed by atoms with E-state index in [1.165, 1.54) is 16.0 Å². The summed E-state index contributed by atoms with van der Waals surface area (Å²) >= 11 is 1.26. The Morgan fingerprint density at radius 2 is 2.09 bits per heavy atom. The van der Waals surface area contributed by atoms with Crippen molar-refractivity contribution in [3.05, 3.63) is 50.8 Å². The summed E-state index contributed by atoms with van der Waals surface area (Å²) in [5.41, 5.74) is 8.65. The minimum Gasteiger partial charge on any atom is -0.390 e. The maximum Gasteiger partial charge on any atom is 0.282 e. The topological polar surface area (TPSA) is 78.0 Å². The van der Waals surface area contributed by atoms with Gasteiger partial charge in [0.15, 0.2) is 5.78 Å². The van der Waals surface area contributed by atoms with Crippen LogP contribution in [-0.2, 0) is 0 Å². The maximum absolute atomic E-state index is 12.8. The molecule has 6 heteroatoms. The lowest BCUT2D eigenvalue weighted by molar-refractivity contribution is 0.0983. The number of ketones is 1. The van der Waals surface area contributed by atoms with Crippen LogP contribution in [0.5, 0.6) is 0 Å². The van der Waals surface area contributed by atoms with Gasteiger partial charge in [0.25, 0.3) is 5.56 Å². The minimum absolute atomic E-state index is 0.105. The molecule has 118 valence electrons. The average molecular weight is 327 g/mol. The standard InChI is InChI=1S/C17H17N3O2S/c1-4-13(21)15-11-8-23-16(18)14(11)17(22)20(19-15)12-6-5-9(2)7-10(12)3/h5-8H,4,18H2,1-3H3. The predicted octanol–water partition coefficient (Wildman–Crippen LogP) is 3.24. The largest absolute Gasteiger partial charge is 0.390 e. The van der Waals surface area contributed by atoms with E-state index in [9.17, 15) is 9.59 Å². The highest BCUT2D eigenvalue weighted by molar-refractivity contribution is 7.15. The van der Waals surface area contributed by atoms with E-state index in [1.807, 2.05) is 32.0 Å². The number of aromatic nitrogens is 2. The van der Waals surface area contributed by atoms with Crippen molar-refractivity contribution in [1.29, 1.82) is 0 Å². The third-order valence-electron chi connectivity index (χ3n) is 3.85. The zero-order chi connectivity index (χ0) is 16.7. The van der Waals surface area contributed by atoms with Crippen LogP contribution in [0.15, 0.2) is 28.4 Å². The zero-order valence-electron chi connectivity index (χ0n) is 13.2. The molecule has 0 aliphatic heterocycles. The number of carbonyl (C=O) groups excluding carboxylic acids is 1. The number of fused-ring (bicyclic) bond motifs is 1. The molecule has 0 saturated carbocycles. The molecular formula is C17H17N3O2S. The molecule has 0 amide bonds. The quantitative estimate of drug-likeness (QED) is 0.749. The van der Waals surface area contributed by atoms with Gasteiger partial charge in [-0.25, -0.2) is 0 Å². The summed E-state index contributed by atoms with van der Waals surface area (Å²) in [6.07, 6.45) is 0.322. The van der Waals surface area contributed by atoms with Crippen molar-refractivity contribution in [3.8, 4) is 5.69 Å². The summed E-state index contributed by atoms with van der Waals surface area (Å²) in [6.45, 7) is 5.68. The Morgan fingerprint density at radius 1 is 1.35 bits per heavy atom. The summed E-state index contributed by atoms with van der Waals surface area (Å²) in [5.74, 6) is -0.105. The predicted molar refractivity (Wildman–Crippen MR) is 93.7 cm³/mol. The van der Waals surface area contributed by atoms with E-state index < -0.39 is 0 Å². The summed E-state index contributed by atoms with van der Waals surface area (Å²) in [5, 5.41) is 7.42. The van der Waals surface area contributed by atoms with Crippen molar-refractivity contribution < 1.29 is 4.79 Å². The number of hydrogen-bond donors (Lipinski definition) is 1. The van der Waals surface area contributed by atoms with E-state index in [0.717, 1.165) is 11.1 Å².